The number of aromatic nitrogens is 3. The Labute approximate surface area is 136 Å². The molecule has 2 aromatic rings. The van der Waals surface area contributed by atoms with Gasteiger partial charge in [-0.05, 0) is 25.8 Å². The fourth-order valence-corrected chi connectivity index (χ4v) is 2.93. The molecule has 0 radical (unpaired) electrons. The third kappa shape index (κ3) is 3.67. The van der Waals surface area contributed by atoms with Gasteiger partial charge in [0.25, 0.3) is 5.69 Å². The minimum atomic E-state index is -0.460. The molecular weight excluding hydrogens is 318 g/mol. The second-order valence-corrected chi connectivity index (χ2v) is 6.29. The van der Waals surface area contributed by atoms with E-state index in [0.717, 1.165) is 18.0 Å². The quantitative estimate of drug-likeness (QED) is 0.495. The zero-order valence-electron chi connectivity index (χ0n) is 12.4. The summed E-state index contributed by atoms with van der Waals surface area (Å²) >= 11 is 1.31. The number of nitrogens with zero attached hydrogens (tertiary/aromatic N) is 4. The molecule has 0 unspecified atom stereocenters. The van der Waals surface area contributed by atoms with Gasteiger partial charge in [-0.15, -0.1) is 10.2 Å². The molecule has 1 amide bonds. The van der Waals surface area contributed by atoms with Crippen LogP contribution in [0, 0.1) is 17.0 Å². The van der Waals surface area contributed by atoms with Crippen LogP contribution in [0.1, 0.15) is 24.4 Å². The number of thioether (sulfide) groups is 1. The largest absolute Gasteiger partial charge is 0.325 e. The van der Waals surface area contributed by atoms with E-state index < -0.39 is 4.92 Å². The van der Waals surface area contributed by atoms with Gasteiger partial charge in [0, 0.05) is 23.4 Å². The molecule has 1 N–H and O–H groups in total. The lowest BCUT2D eigenvalue weighted by Gasteiger charge is -2.07. The van der Waals surface area contributed by atoms with Crippen molar-refractivity contribution in [2.24, 2.45) is 0 Å². The Morgan fingerprint density at radius 3 is 3.00 bits per heavy atom. The van der Waals surface area contributed by atoms with Gasteiger partial charge in [0.15, 0.2) is 5.16 Å². The average Bonchev–Trinajstić information content (AvgIpc) is 3.25. The maximum Gasteiger partial charge on any atom is 0.274 e. The van der Waals surface area contributed by atoms with Gasteiger partial charge >= 0.3 is 0 Å². The topological polar surface area (TPSA) is 103 Å². The van der Waals surface area contributed by atoms with Crippen molar-refractivity contribution in [3.63, 3.8) is 0 Å². The summed E-state index contributed by atoms with van der Waals surface area (Å²) in [5.41, 5.74) is 0.959. The molecule has 1 aliphatic rings. The van der Waals surface area contributed by atoms with Crippen molar-refractivity contribution in [2.45, 2.75) is 31.0 Å². The molecule has 0 saturated heterocycles. The van der Waals surface area contributed by atoms with Crippen molar-refractivity contribution in [3.8, 4) is 0 Å². The van der Waals surface area contributed by atoms with E-state index in [1.54, 1.807) is 25.4 Å². The number of hydrogen-bond acceptors (Lipinski definition) is 6. The van der Waals surface area contributed by atoms with E-state index in [9.17, 15) is 14.9 Å². The number of anilines is 1. The maximum atomic E-state index is 12.0. The molecule has 1 saturated carbocycles. The summed E-state index contributed by atoms with van der Waals surface area (Å²) in [4.78, 5) is 22.5. The van der Waals surface area contributed by atoms with Crippen molar-refractivity contribution in [2.75, 3.05) is 11.1 Å². The van der Waals surface area contributed by atoms with Crippen molar-refractivity contribution >= 4 is 29.0 Å². The van der Waals surface area contributed by atoms with Crippen molar-refractivity contribution in [1.82, 2.24) is 14.8 Å². The summed E-state index contributed by atoms with van der Waals surface area (Å²) < 4.78 is 1.98. The van der Waals surface area contributed by atoms with Crippen LogP contribution >= 0.6 is 11.8 Å². The number of aryl methyl sites for hydroxylation is 1. The first kappa shape index (κ1) is 15.5. The fourth-order valence-electron chi connectivity index (χ4n) is 2.15. The standard InChI is InChI=1S/C14H15N5O3S/c1-9-2-3-10(6-12(9)19(21)22)16-13(20)7-23-14-17-15-8-18(14)11-4-5-11/h2-3,6,8,11H,4-5,7H2,1H3,(H,16,20). The van der Waals surface area contributed by atoms with Crippen LogP contribution in [-0.2, 0) is 4.79 Å². The monoisotopic (exact) mass is 333 g/mol. The molecule has 9 heteroatoms. The highest BCUT2D eigenvalue weighted by atomic mass is 32.2. The first-order valence-electron chi connectivity index (χ1n) is 7.12. The summed E-state index contributed by atoms with van der Waals surface area (Å²) in [7, 11) is 0. The Balaban J connectivity index is 1.60. The fraction of sp³-hybridized carbons (Fsp3) is 0.357. The normalized spacial score (nSPS) is 13.8. The van der Waals surface area contributed by atoms with Crippen LogP contribution < -0.4 is 5.32 Å². The lowest BCUT2D eigenvalue weighted by molar-refractivity contribution is -0.385. The third-order valence-electron chi connectivity index (χ3n) is 3.50. The van der Waals surface area contributed by atoms with Crippen LogP contribution in [0.25, 0.3) is 0 Å². The van der Waals surface area contributed by atoms with Gasteiger partial charge in [0.1, 0.15) is 6.33 Å². The van der Waals surface area contributed by atoms with Crippen LogP contribution in [0.4, 0.5) is 11.4 Å². The maximum absolute atomic E-state index is 12.0. The molecule has 3 rings (SSSR count). The molecule has 1 heterocycles. The molecule has 1 aliphatic carbocycles. The lowest BCUT2D eigenvalue weighted by Crippen LogP contribution is -2.14. The van der Waals surface area contributed by atoms with Crippen LogP contribution in [0.3, 0.4) is 0 Å². The second kappa shape index (κ2) is 6.37. The highest BCUT2D eigenvalue weighted by Gasteiger charge is 2.26. The third-order valence-corrected chi connectivity index (χ3v) is 4.46. The van der Waals surface area contributed by atoms with Crippen LogP contribution in [0.15, 0.2) is 29.7 Å². The first-order valence-corrected chi connectivity index (χ1v) is 8.10. The van der Waals surface area contributed by atoms with E-state index in [1.165, 1.54) is 17.8 Å². The number of nitro groups is 1. The summed E-state index contributed by atoms with van der Waals surface area (Å²) in [6.07, 6.45) is 3.91. The molecule has 0 spiro atoms. The van der Waals surface area contributed by atoms with E-state index >= 15 is 0 Å². The van der Waals surface area contributed by atoms with Gasteiger partial charge in [-0.1, -0.05) is 17.8 Å². The predicted octanol–water partition coefficient (Wildman–Crippen LogP) is 2.56. The molecule has 0 aliphatic heterocycles. The number of carbonyl (C=O) groups is 1. The highest BCUT2D eigenvalue weighted by molar-refractivity contribution is 7.99. The van der Waals surface area contributed by atoms with Gasteiger partial charge in [-0.25, -0.2) is 0 Å². The molecule has 23 heavy (non-hydrogen) atoms. The zero-order valence-corrected chi connectivity index (χ0v) is 13.2. The van der Waals surface area contributed by atoms with E-state index in [0.29, 0.717) is 17.3 Å². The van der Waals surface area contributed by atoms with Crippen LogP contribution in [0.5, 0.6) is 0 Å². The number of hydrogen-bond donors (Lipinski definition) is 1. The van der Waals surface area contributed by atoms with Crippen molar-refractivity contribution in [3.05, 3.63) is 40.2 Å². The van der Waals surface area contributed by atoms with E-state index in [1.807, 2.05) is 4.57 Å². The number of nitro benzene ring substituents is 1. The second-order valence-electron chi connectivity index (χ2n) is 5.35. The lowest BCUT2D eigenvalue weighted by atomic mass is 10.2. The summed E-state index contributed by atoms with van der Waals surface area (Å²) in [5.74, 6) is -0.0638. The molecule has 120 valence electrons. The Bertz CT molecular complexity index is 757. The van der Waals surface area contributed by atoms with Crippen LogP contribution in [-0.4, -0.2) is 31.3 Å². The van der Waals surface area contributed by atoms with E-state index in [-0.39, 0.29) is 17.3 Å². The van der Waals surface area contributed by atoms with Gasteiger partial charge in [-0.3, -0.25) is 14.9 Å². The molecule has 0 atom stereocenters. The Kier molecular flexibility index (Phi) is 4.28. The minimum Gasteiger partial charge on any atom is -0.325 e. The molecule has 1 fully saturated rings. The Morgan fingerprint density at radius 2 is 2.30 bits per heavy atom. The number of rotatable bonds is 6. The van der Waals surface area contributed by atoms with Gasteiger partial charge in [0.05, 0.1) is 10.7 Å². The summed E-state index contributed by atoms with van der Waals surface area (Å²) in [6, 6.07) is 5.09. The number of amides is 1. The summed E-state index contributed by atoms with van der Waals surface area (Å²) in [6.45, 7) is 1.66. The van der Waals surface area contributed by atoms with Crippen molar-refractivity contribution in [1.29, 1.82) is 0 Å². The van der Waals surface area contributed by atoms with E-state index in [4.69, 9.17) is 0 Å². The predicted molar refractivity (Wildman–Crippen MR) is 85.5 cm³/mol. The van der Waals surface area contributed by atoms with Crippen molar-refractivity contribution < 1.29 is 9.72 Å². The highest BCUT2D eigenvalue weighted by Crippen LogP contribution is 2.37. The first-order chi connectivity index (χ1) is 11.0. The molecular formula is C14H15N5O3S. The number of nitrogens with one attached hydrogen (secondary N) is 1. The van der Waals surface area contributed by atoms with Gasteiger partial charge < -0.3 is 9.88 Å². The molecule has 1 aromatic carbocycles. The van der Waals surface area contributed by atoms with Gasteiger partial charge in [-0.2, -0.15) is 0 Å². The smallest absolute Gasteiger partial charge is 0.274 e. The minimum absolute atomic E-state index is 0.0103. The average molecular weight is 333 g/mol. The number of benzene rings is 1. The zero-order chi connectivity index (χ0) is 16.4. The van der Waals surface area contributed by atoms with E-state index in [2.05, 4.69) is 15.5 Å². The molecule has 1 aromatic heterocycles. The molecule has 0 bridgehead atoms. The summed E-state index contributed by atoms with van der Waals surface area (Å²) in [5, 5.41) is 22.2. The van der Waals surface area contributed by atoms with Crippen LogP contribution in [0.2, 0.25) is 0 Å². The molecule has 8 nitrogen and oxygen atoms in total. The number of carbonyl (C=O) groups excluding carboxylic acids is 1. The Morgan fingerprint density at radius 1 is 1.52 bits per heavy atom. The SMILES string of the molecule is Cc1ccc(NC(=O)CSc2nncn2C2CC2)cc1[N+](=O)[O-]. The van der Waals surface area contributed by atoms with Gasteiger partial charge in [0.2, 0.25) is 5.91 Å². The Hall–Kier alpha value is -2.42.